The third kappa shape index (κ3) is 5.15. The molecule has 1 fully saturated rings. The molecule has 0 bridgehead atoms. The van der Waals surface area contributed by atoms with Crippen molar-refractivity contribution in [2.45, 2.75) is 31.3 Å². The molecule has 1 saturated heterocycles. The number of rotatable bonds is 7. The van der Waals surface area contributed by atoms with Crippen LogP contribution >= 0.6 is 11.3 Å². The first-order chi connectivity index (χ1) is 15.0. The molecule has 5 nitrogen and oxygen atoms in total. The second-order valence-electron chi connectivity index (χ2n) is 7.71. The van der Waals surface area contributed by atoms with E-state index in [-0.39, 0.29) is 29.6 Å². The molecular formula is C23H24F2N4OS. The molecule has 2 aromatic carbocycles. The summed E-state index contributed by atoms with van der Waals surface area (Å²) in [6.07, 6.45) is 2.64. The topological polar surface area (TPSA) is 57.3 Å². The summed E-state index contributed by atoms with van der Waals surface area (Å²) in [4.78, 5) is 18.7. The number of hydrogen-bond donors (Lipinski definition) is 2. The molecule has 2 unspecified atom stereocenters. The summed E-state index contributed by atoms with van der Waals surface area (Å²) < 4.78 is 27.1. The Morgan fingerprint density at radius 1 is 1.16 bits per heavy atom. The number of aromatic nitrogens is 1. The lowest BCUT2D eigenvalue weighted by Crippen LogP contribution is -2.32. The number of thiazole rings is 1. The number of amides is 1. The monoisotopic (exact) mass is 442 g/mol. The number of nitrogens with zero attached hydrogens (tertiary/aromatic N) is 2. The van der Waals surface area contributed by atoms with E-state index < -0.39 is 0 Å². The highest BCUT2D eigenvalue weighted by Crippen LogP contribution is 2.27. The SMILES string of the molecule is CN(CCCC1CC(c2ccc(F)cc2)NN1)C(=O)c1csc(-c2ccccc2F)n1. The van der Waals surface area contributed by atoms with Crippen LogP contribution in [0, 0.1) is 11.6 Å². The van der Waals surface area contributed by atoms with E-state index in [0.717, 1.165) is 24.8 Å². The zero-order valence-corrected chi connectivity index (χ0v) is 18.0. The van der Waals surface area contributed by atoms with Crippen LogP contribution in [0.15, 0.2) is 53.9 Å². The first-order valence-corrected chi connectivity index (χ1v) is 11.1. The molecule has 162 valence electrons. The predicted octanol–water partition coefficient (Wildman–Crippen LogP) is 4.55. The number of benzene rings is 2. The summed E-state index contributed by atoms with van der Waals surface area (Å²) in [6.45, 7) is 0.602. The molecule has 8 heteroatoms. The Hall–Kier alpha value is -2.68. The van der Waals surface area contributed by atoms with Crippen LogP contribution in [0.3, 0.4) is 0 Å². The fourth-order valence-corrected chi connectivity index (χ4v) is 4.55. The minimum absolute atomic E-state index is 0.150. The molecule has 1 amide bonds. The molecule has 0 saturated carbocycles. The standard InChI is InChI=1S/C23H24F2N4OS/c1-29(23(30)21-14-31-22(26-21)18-6-2-3-7-19(18)25)12-4-5-17-13-20(28-27-17)15-8-10-16(24)11-9-15/h2-3,6-11,14,17,20,27-28H,4-5,12-13H2,1H3. The fourth-order valence-electron chi connectivity index (χ4n) is 3.73. The number of nitrogens with one attached hydrogen (secondary N) is 2. The van der Waals surface area contributed by atoms with Gasteiger partial charge in [0.2, 0.25) is 0 Å². The molecule has 31 heavy (non-hydrogen) atoms. The highest BCUT2D eigenvalue weighted by Gasteiger charge is 2.25. The van der Waals surface area contributed by atoms with E-state index in [4.69, 9.17) is 0 Å². The Kier molecular flexibility index (Phi) is 6.70. The van der Waals surface area contributed by atoms with E-state index in [1.54, 1.807) is 47.7 Å². The van der Waals surface area contributed by atoms with Gasteiger partial charge in [-0.15, -0.1) is 11.3 Å². The Morgan fingerprint density at radius 2 is 1.94 bits per heavy atom. The van der Waals surface area contributed by atoms with E-state index in [0.29, 0.717) is 22.8 Å². The Bertz CT molecular complexity index is 1040. The molecule has 2 N–H and O–H groups in total. The van der Waals surface area contributed by atoms with Crippen LogP contribution in [0.2, 0.25) is 0 Å². The Balaban J connectivity index is 1.26. The van der Waals surface area contributed by atoms with Crippen molar-refractivity contribution in [3.8, 4) is 10.6 Å². The maximum atomic E-state index is 14.0. The van der Waals surface area contributed by atoms with E-state index in [1.165, 1.54) is 29.5 Å². The number of halogens is 2. The molecule has 1 aliphatic heterocycles. The number of hydrogen-bond acceptors (Lipinski definition) is 5. The normalized spacial score (nSPS) is 18.3. The van der Waals surface area contributed by atoms with Crippen LogP contribution in [-0.4, -0.2) is 35.4 Å². The molecule has 1 aliphatic rings. The van der Waals surface area contributed by atoms with Crippen LogP contribution in [0.5, 0.6) is 0 Å². The summed E-state index contributed by atoms with van der Waals surface area (Å²) in [6, 6.07) is 13.4. The van der Waals surface area contributed by atoms with E-state index in [2.05, 4.69) is 15.8 Å². The van der Waals surface area contributed by atoms with E-state index in [1.807, 2.05) is 0 Å². The van der Waals surface area contributed by atoms with Crippen molar-refractivity contribution >= 4 is 17.2 Å². The van der Waals surface area contributed by atoms with Gasteiger partial charge in [-0.1, -0.05) is 24.3 Å². The smallest absolute Gasteiger partial charge is 0.273 e. The van der Waals surface area contributed by atoms with Gasteiger partial charge in [0.1, 0.15) is 22.3 Å². The van der Waals surface area contributed by atoms with Crippen molar-refractivity contribution in [2.24, 2.45) is 0 Å². The van der Waals surface area contributed by atoms with Crippen molar-refractivity contribution in [3.05, 3.63) is 76.8 Å². The van der Waals surface area contributed by atoms with Gasteiger partial charge in [0.25, 0.3) is 5.91 Å². The van der Waals surface area contributed by atoms with Crippen molar-refractivity contribution in [1.82, 2.24) is 20.7 Å². The summed E-state index contributed by atoms with van der Waals surface area (Å²) in [5, 5.41) is 2.18. The molecule has 0 radical (unpaired) electrons. The first kappa shape index (κ1) is 21.5. The van der Waals surface area contributed by atoms with Crippen LogP contribution in [0.1, 0.15) is 41.4 Å². The highest BCUT2D eigenvalue weighted by molar-refractivity contribution is 7.13. The van der Waals surface area contributed by atoms with Crippen molar-refractivity contribution < 1.29 is 13.6 Å². The Morgan fingerprint density at radius 3 is 2.71 bits per heavy atom. The van der Waals surface area contributed by atoms with Crippen molar-refractivity contribution in [2.75, 3.05) is 13.6 Å². The molecule has 4 rings (SSSR count). The average molecular weight is 443 g/mol. The number of hydrazine groups is 1. The quantitative estimate of drug-likeness (QED) is 0.564. The number of carbonyl (C=O) groups is 1. The summed E-state index contributed by atoms with van der Waals surface area (Å²) in [5.41, 5.74) is 8.34. The van der Waals surface area contributed by atoms with Gasteiger partial charge >= 0.3 is 0 Å². The van der Waals surface area contributed by atoms with Gasteiger partial charge in [0.05, 0.1) is 0 Å². The summed E-state index contributed by atoms with van der Waals surface area (Å²) >= 11 is 1.27. The summed E-state index contributed by atoms with van der Waals surface area (Å²) in [7, 11) is 1.76. The summed E-state index contributed by atoms with van der Waals surface area (Å²) in [5.74, 6) is -0.749. The lowest BCUT2D eigenvalue weighted by Gasteiger charge is -2.17. The van der Waals surface area contributed by atoms with Gasteiger partial charge in [-0.05, 0) is 49.1 Å². The third-order valence-electron chi connectivity index (χ3n) is 5.47. The zero-order valence-electron chi connectivity index (χ0n) is 17.1. The number of carbonyl (C=O) groups excluding carboxylic acids is 1. The molecule has 1 aromatic heterocycles. The largest absolute Gasteiger partial charge is 0.340 e. The zero-order chi connectivity index (χ0) is 21.8. The molecule has 3 aromatic rings. The maximum absolute atomic E-state index is 14.0. The van der Waals surface area contributed by atoms with Crippen LogP contribution < -0.4 is 10.9 Å². The second kappa shape index (κ2) is 9.64. The molecule has 2 heterocycles. The lowest BCUT2D eigenvalue weighted by atomic mass is 9.99. The lowest BCUT2D eigenvalue weighted by molar-refractivity contribution is 0.0787. The van der Waals surface area contributed by atoms with Gasteiger partial charge in [-0.3, -0.25) is 15.6 Å². The minimum atomic E-state index is -0.346. The maximum Gasteiger partial charge on any atom is 0.273 e. The van der Waals surface area contributed by atoms with Crippen molar-refractivity contribution in [1.29, 1.82) is 0 Å². The van der Waals surface area contributed by atoms with Gasteiger partial charge < -0.3 is 4.90 Å². The van der Waals surface area contributed by atoms with E-state index in [9.17, 15) is 13.6 Å². The van der Waals surface area contributed by atoms with Gasteiger partial charge in [0, 0.05) is 36.6 Å². The van der Waals surface area contributed by atoms with Crippen molar-refractivity contribution in [3.63, 3.8) is 0 Å². The van der Waals surface area contributed by atoms with E-state index >= 15 is 0 Å². The minimum Gasteiger partial charge on any atom is -0.340 e. The highest BCUT2D eigenvalue weighted by atomic mass is 32.1. The molecule has 2 atom stereocenters. The van der Waals surface area contributed by atoms with Gasteiger partial charge in [0.15, 0.2) is 0 Å². The van der Waals surface area contributed by atoms with Crippen LogP contribution in [0.4, 0.5) is 8.78 Å². The molecule has 0 spiro atoms. The third-order valence-corrected chi connectivity index (χ3v) is 6.35. The fraction of sp³-hybridized carbons (Fsp3) is 0.304. The van der Waals surface area contributed by atoms with Crippen LogP contribution in [0.25, 0.3) is 10.6 Å². The van der Waals surface area contributed by atoms with Crippen LogP contribution in [-0.2, 0) is 0 Å². The Labute approximate surface area is 184 Å². The molecular weight excluding hydrogens is 418 g/mol. The average Bonchev–Trinajstić information content (AvgIpc) is 3.44. The van der Waals surface area contributed by atoms with Gasteiger partial charge in [-0.25, -0.2) is 13.8 Å². The second-order valence-corrected chi connectivity index (χ2v) is 8.57. The first-order valence-electron chi connectivity index (χ1n) is 10.2. The van der Waals surface area contributed by atoms with Gasteiger partial charge in [-0.2, -0.15) is 0 Å². The predicted molar refractivity (Wildman–Crippen MR) is 118 cm³/mol. The molecule has 0 aliphatic carbocycles.